The summed E-state index contributed by atoms with van der Waals surface area (Å²) in [7, 11) is 0. The van der Waals surface area contributed by atoms with E-state index in [0.29, 0.717) is 19.6 Å². The first-order valence-corrected chi connectivity index (χ1v) is 5.85. The zero-order chi connectivity index (χ0) is 11.1. The highest BCUT2D eigenvalue weighted by Crippen LogP contribution is 2.24. The molecule has 1 heterocycles. The molecule has 0 radical (unpaired) electrons. The number of rotatable bonds is 6. The van der Waals surface area contributed by atoms with Crippen molar-refractivity contribution in [2.24, 2.45) is 17.2 Å². The summed E-state index contributed by atoms with van der Waals surface area (Å²) in [6.07, 6.45) is 1.99. The van der Waals surface area contributed by atoms with Crippen molar-refractivity contribution in [1.29, 1.82) is 0 Å². The molecular weight excluding hydrogens is 190 g/mol. The van der Waals surface area contributed by atoms with Crippen molar-refractivity contribution in [3.8, 4) is 0 Å². The molecule has 0 unspecified atom stereocenters. The molecule has 1 aliphatic heterocycles. The molecule has 90 valence electrons. The van der Waals surface area contributed by atoms with Gasteiger partial charge in [-0.1, -0.05) is 0 Å². The molecule has 0 aromatic heterocycles. The molecule has 0 aliphatic carbocycles. The molecule has 0 saturated carbocycles. The van der Waals surface area contributed by atoms with Crippen molar-refractivity contribution in [1.82, 2.24) is 10.2 Å². The SMILES string of the molecule is NCCN1CCNCC1(CCN)CCN. The predicted molar refractivity (Wildman–Crippen MR) is 63.6 cm³/mol. The highest BCUT2D eigenvalue weighted by Gasteiger charge is 2.36. The van der Waals surface area contributed by atoms with Crippen LogP contribution in [0.4, 0.5) is 0 Å². The molecule has 1 fully saturated rings. The van der Waals surface area contributed by atoms with E-state index >= 15 is 0 Å². The van der Waals surface area contributed by atoms with Crippen molar-refractivity contribution in [3.05, 3.63) is 0 Å². The zero-order valence-corrected chi connectivity index (χ0v) is 9.54. The molecule has 0 atom stereocenters. The Kier molecular flexibility index (Phi) is 5.49. The molecule has 1 saturated heterocycles. The van der Waals surface area contributed by atoms with Gasteiger partial charge >= 0.3 is 0 Å². The summed E-state index contributed by atoms with van der Waals surface area (Å²) in [6.45, 7) is 6.15. The van der Waals surface area contributed by atoms with Gasteiger partial charge in [0.2, 0.25) is 0 Å². The highest BCUT2D eigenvalue weighted by molar-refractivity contribution is 4.96. The first-order valence-electron chi connectivity index (χ1n) is 5.85. The lowest BCUT2D eigenvalue weighted by molar-refractivity contribution is 0.0510. The molecule has 0 aromatic carbocycles. The van der Waals surface area contributed by atoms with E-state index < -0.39 is 0 Å². The Hall–Kier alpha value is -0.200. The number of piperazine rings is 1. The summed E-state index contributed by atoms with van der Waals surface area (Å²) in [5.41, 5.74) is 17.2. The third-order valence-electron chi connectivity index (χ3n) is 3.30. The van der Waals surface area contributed by atoms with Crippen molar-refractivity contribution < 1.29 is 0 Å². The normalized spacial score (nSPS) is 21.8. The van der Waals surface area contributed by atoms with Gasteiger partial charge in [0.25, 0.3) is 0 Å². The third kappa shape index (κ3) is 3.12. The first-order chi connectivity index (χ1) is 7.29. The van der Waals surface area contributed by atoms with Gasteiger partial charge in [-0.15, -0.1) is 0 Å². The second-order valence-electron chi connectivity index (χ2n) is 4.25. The molecule has 0 aromatic rings. The van der Waals surface area contributed by atoms with Crippen molar-refractivity contribution in [3.63, 3.8) is 0 Å². The van der Waals surface area contributed by atoms with Crippen molar-refractivity contribution in [2.75, 3.05) is 45.8 Å². The standard InChI is InChI=1S/C10H25N5/c11-3-1-10(2-4-12)9-14-6-8-15(10)7-5-13/h14H,1-9,11-13H2. The van der Waals surface area contributed by atoms with Gasteiger partial charge in [-0.3, -0.25) is 4.90 Å². The summed E-state index contributed by atoms with van der Waals surface area (Å²) in [6, 6.07) is 0. The smallest absolute Gasteiger partial charge is 0.0359 e. The summed E-state index contributed by atoms with van der Waals surface area (Å²) in [5.74, 6) is 0. The number of hydrogen-bond donors (Lipinski definition) is 4. The summed E-state index contributed by atoms with van der Waals surface area (Å²) in [5, 5.41) is 3.44. The van der Waals surface area contributed by atoms with Gasteiger partial charge in [-0.05, 0) is 25.9 Å². The Labute approximate surface area is 92.3 Å². The van der Waals surface area contributed by atoms with E-state index in [4.69, 9.17) is 17.2 Å². The van der Waals surface area contributed by atoms with Crippen LogP contribution in [-0.4, -0.2) is 56.3 Å². The molecule has 5 heteroatoms. The van der Waals surface area contributed by atoms with E-state index in [9.17, 15) is 0 Å². The molecule has 0 amide bonds. The van der Waals surface area contributed by atoms with Gasteiger partial charge in [0, 0.05) is 38.3 Å². The Morgan fingerprint density at radius 1 is 1.07 bits per heavy atom. The van der Waals surface area contributed by atoms with Gasteiger partial charge < -0.3 is 22.5 Å². The first kappa shape index (κ1) is 12.9. The summed E-state index contributed by atoms with van der Waals surface area (Å²) < 4.78 is 0. The van der Waals surface area contributed by atoms with E-state index in [1.54, 1.807) is 0 Å². The molecular formula is C10H25N5. The number of nitrogens with zero attached hydrogens (tertiary/aromatic N) is 1. The maximum absolute atomic E-state index is 5.71. The van der Waals surface area contributed by atoms with Crippen LogP contribution in [0.3, 0.4) is 0 Å². The number of nitrogens with two attached hydrogens (primary N) is 3. The molecule has 5 nitrogen and oxygen atoms in total. The highest BCUT2D eigenvalue weighted by atomic mass is 15.3. The van der Waals surface area contributed by atoms with Crippen LogP contribution in [0.5, 0.6) is 0 Å². The average molecular weight is 215 g/mol. The molecule has 1 aliphatic rings. The zero-order valence-electron chi connectivity index (χ0n) is 9.54. The van der Waals surface area contributed by atoms with Crippen LogP contribution in [0.15, 0.2) is 0 Å². The fourth-order valence-corrected chi connectivity index (χ4v) is 2.54. The Balaban J connectivity index is 2.68. The van der Waals surface area contributed by atoms with Crippen LogP contribution in [-0.2, 0) is 0 Å². The maximum atomic E-state index is 5.71. The maximum Gasteiger partial charge on any atom is 0.0359 e. The lowest BCUT2D eigenvalue weighted by Crippen LogP contribution is -2.63. The van der Waals surface area contributed by atoms with E-state index in [2.05, 4.69) is 10.2 Å². The average Bonchev–Trinajstić information content (AvgIpc) is 2.23. The second kappa shape index (κ2) is 6.40. The topological polar surface area (TPSA) is 93.3 Å². The van der Waals surface area contributed by atoms with Crippen molar-refractivity contribution >= 4 is 0 Å². The monoisotopic (exact) mass is 215 g/mol. The minimum Gasteiger partial charge on any atom is -0.330 e. The quantitative estimate of drug-likeness (QED) is 0.423. The van der Waals surface area contributed by atoms with Gasteiger partial charge in [-0.2, -0.15) is 0 Å². The Bertz CT molecular complexity index is 160. The van der Waals surface area contributed by atoms with Crippen LogP contribution in [0.1, 0.15) is 12.8 Å². The van der Waals surface area contributed by atoms with Gasteiger partial charge in [0.15, 0.2) is 0 Å². The van der Waals surface area contributed by atoms with Crippen LogP contribution in [0.2, 0.25) is 0 Å². The largest absolute Gasteiger partial charge is 0.330 e. The summed E-state index contributed by atoms with van der Waals surface area (Å²) in [4.78, 5) is 2.46. The van der Waals surface area contributed by atoms with Gasteiger partial charge in [-0.25, -0.2) is 0 Å². The molecule has 0 spiro atoms. The Morgan fingerprint density at radius 2 is 1.73 bits per heavy atom. The van der Waals surface area contributed by atoms with E-state index in [1.165, 1.54) is 0 Å². The fourth-order valence-electron chi connectivity index (χ4n) is 2.54. The van der Waals surface area contributed by atoms with Crippen LogP contribution in [0.25, 0.3) is 0 Å². The van der Waals surface area contributed by atoms with E-state index in [1.807, 2.05) is 0 Å². The lowest BCUT2D eigenvalue weighted by atomic mass is 9.87. The van der Waals surface area contributed by atoms with Crippen molar-refractivity contribution in [2.45, 2.75) is 18.4 Å². The minimum absolute atomic E-state index is 0.140. The van der Waals surface area contributed by atoms with Crippen LogP contribution >= 0.6 is 0 Å². The molecule has 7 N–H and O–H groups in total. The van der Waals surface area contributed by atoms with Crippen LogP contribution in [0, 0.1) is 0 Å². The Morgan fingerprint density at radius 3 is 2.27 bits per heavy atom. The summed E-state index contributed by atoms with van der Waals surface area (Å²) >= 11 is 0. The van der Waals surface area contributed by atoms with Crippen LogP contribution < -0.4 is 22.5 Å². The third-order valence-corrected chi connectivity index (χ3v) is 3.30. The fraction of sp³-hybridized carbons (Fsp3) is 1.00. The molecule has 1 rings (SSSR count). The predicted octanol–water partition coefficient (Wildman–Crippen LogP) is -1.71. The van der Waals surface area contributed by atoms with Gasteiger partial charge in [0.1, 0.15) is 0 Å². The van der Waals surface area contributed by atoms with E-state index in [0.717, 1.165) is 39.0 Å². The lowest BCUT2D eigenvalue weighted by Gasteiger charge is -2.47. The van der Waals surface area contributed by atoms with Gasteiger partial charge in [0.05, 0.1) is 0 Å². The molecule has 15 heavy (non-hydrogen) atoms. The molecule has 0 bridgehead atoms. The van der Waals surface area contributed by atoms with E-state index in [-0.39, 0.29) is 5.54 Å². The second-order valence-corrected chi connectivity index (χ2v) is 4.25. The number of nitrogens with one attached hydrogen (secondary N) is 1. The number of hydrogen-bond acceptors (Lipinski definition) is 5. The minimum atomic E-state index is 0.140.